The number of hydrogen-bond acceptors (Lipinski definition) is 3. The summed E-state index contributed by atoms with van der Waals surface area (Å²) in [5.74, 6) is -0.524. The molecule has 1 saturated heterocycles. The minimum atomic E-state index is -0.433. The number of phenolic OH excluding ortho intramolecular Hbond substituents is 1. The number of amides is 2. The Morgan fingerprint density at radius 1 is 1.55 bits per heavy atom. The number of carbonyl (C=O) groups is 2. The molecule has 5 nitrogen and oxygen atoms in total. The molecule has 0 unspecified atom stereocenters. The fourth-order valence-electron chi connectivity index (χ4n) is 2.51. The van der Waals surface area contributed by atoms with Crippen LogP contribution in [-0.2, 0) is 9.59 Å². The molecule has 20 heavy (non-hydrogen) atoms. The predicted molar refractivity (Wildman–Crippen MR) is 75.6 cm³/mol. The Kier molecular flexibility index (Phi) is 4.18. The molecule has 1 aliphatic rings. The molecule has 1 heterocycles. The Balaban J connectivity index is 2.18. The predicted octanol–water partition coefficient (Wildman–Crippen LogP) is 1.55. The first-order valence-corrected chi connectivity index (χ1v) is 6.82. The van der Waals surface area contributed by atoms with E-state index in [1.807, 2.05) is 6.92 Å². The van der Waals surface area contributed by atoms with Crippen LogP contribution < -0.4 is 5.73 Å². The summed E-state index contributed by atoms with van der Waals surface area (Å²) in [7, 11) is 0. The number of nitrogens with zero attached hydrogens (tertiary/aromatic N) is 1. The number of carbonyl (C=O) groups excluding carboxylic acids is 2. The Morgan fingerprint density at radius 2 is 2.25 bits per heavy atom. The number of likely N-dealkylation sites (tertiary alicyclic amines) is 1. The quantitative estimate of drug-likeness (QED) is 0.884. The number of primary amides is 1. The van der Waals surface area contributed by atoms with Gasteiger partial charge in [-0.05, 0) is 18.6 Å². The molecule has 0 bridgehead atoms. The zero-order valence-corrected chi connectivity index (χ0v) is 12.0. The second-order valence-corrected chi connectivity index (χ2v) is 5.46. The van der Waals surface area contributed by atoms with Gasteiger partial charge < -0.3 is 15.7 Å². The second-order valence-electron chi connectivity index (χ2n) is 5.09. The molecule has 0 spiro atoms. The van der Waals surface area contributed by atoms with E-state index in [0.717, 1.165) is 5.56 Å². The Labute approximate surface area is 122 Å². The van der Waals surface area contributed by atoms with Crippen molar-refractivity contribution in [2.45, 2.75) is 25.7 Å². The third kappa shape index (κ3) is 2.88. The molecule has 0 aromatic heterocycles. The van der Waals surface area contributed by atoms with Gasteiger partial charge in [0.15, 0.2) is 0 Å². The molecule has 0 radical (unpaired) electrons. The van der Waals surface area contributed by atoms with Crippen LogP contribution in [-0.4, -0.2) is 34.9 Å². The van der Waals surface area contributed by atoms with Crippen molar-refractivity contribution in [3.8, 4) is 5.75 Å². The summed E-state index contributed by atoms with van der Waals surface area (Å²) in [4.78, 5) is 24.3. The van der Waals surface area contributed by atoms with Gasteiger partial charge in [-0.1, -0.05) is 17.7 Å². The number of rotatable bonds is 4. The maximum atomic E-state index is 11.9. The topological polar surface area (TPSA) is 83.6 Å². The molecular formula is C14H17ClN2O3. The standard InChI is InChI=1S/C14H17ClN2O3/c1-8-2-3-10(18)13(14(8)15)9-6-12(20)17(7-9)5-4-11(16)19/h2-3,9,18H,4-7H2,1H3,(H2,16,19)/t9-/m1/s1. The zero-order valence-electron chi connectivity index (χ0n) is 11.2. The van der Waals surface area contributed by atoms with Crippen LogP contribution in [0, 0.1) is 6.92 Å². The van der Waals surface area contributed by atoms with E-state index < -0.39 is 5.91 Å². The van der Waals surface area contributed by atoms with E-state index in [1.165, 1.54) is 0 Å². The van der Waals surface area contributed by atoms with Gasteiger partial charge in [0.2, 0.25) is 11.8 Å². The van der Waals surface area contributed by atoms with Crippen molar-refractivity contribution < 1.29 is 14.7 Å². The summed E-state index contributed by atoms with van der Waals surface area (Å²) in [5, 5.41) is 10.5. The minimum absolute atomic E-state index is 0.0479. The van der Waals surface area contributed by atoms with E-state index in [-0.39, 0.29) is 30.4 Å². The number of nitrogens with two attached hydrogens (primary N) is 1. The molecule has 2 rings (SSSR count). The lowest BCUT2D eigenvalue weighted by atomic mass is 9.95. The van der Waals surface area contributed by atoms with E-state index in [4.69, 9.17) is 17.3 Å². The highest BCUT2D eigenvalue weighted by atomic mass is 35.5. The molecule has 1 aliphatic heterocycles. The lowest BCUT2D eigenvalue weighted by Crippen LogP contribution is -2.29. The first kappa shape index (κ1) is 14.7. The first-order valence-electron chi connectivity index (χ1n) is 6.44. The average molecular weight is 297 g/mol. The van der Waals surface area contributed by atoms with Crippen molar-refractivity contribution in [1.29, 1.82) is 0 Å². The van der Waals surface area contributed by atoms with Crippen molar-refractivity contribution in [3.05, 3.63) is 28.3 Å². The zero-order chi connectivity index (χ0) is 14.9. The molecule has 2 amide bonds. The van der Waals surface area contributed by atoms with Gasteiger partial charge in [0, 0.05) is 37.4 Å². The van der Waals surface area contributed by atoms with Gasteiger partial charge in [-0.15, -0.1) is 0 Å². The Hall–Kier alpha value is -1.75. The Morgan fingerprint density at radius 3 is 2.90 bits per heavy atom. The second kappa shape index (κ2) is 5.71. The third-order valence-corrected chi connectivity index (χ3v) is 4.10. The van der Waals surface area contributed by atoms with Gasteiger partial charge in [0.1, 0.15) is 5.75 Å². The lowest BCUT2D eigenvalue weighted by Gasteiger charge is -2.17. The van der Waals surface area contributed by atoms with E-state index in [2.05, 4.69) is 0 Å². The first-order chi connectivity index (χ1) is 9.40. The lowest BCUT2D eigenvalue weighted by molar-refractivity contribution is -0.128. The Bertz CT molecular complexity index is 560. The van der Waals surface area contributed by atoms with Crippen molar-refractivity contribution in [1.82, 2.24) is 4.90 Å². The maximum Gasteiger partial charge on any atom is 0.223 e. The van der Waals surface area contributed by atoms with Crippen molar-refractivity contribution in [2.24, 2.45) is 5.73 Å². The molecule has 0 aliphatic carbocycles. The third-order valence-electron chi connectivity index (χ3n) is 3.60. The van der Waals surface area contributed by atoms with Crippen LogP contribution in [0.3, 0.4) is 0 Å². The van der Waals surface area contributed by atoms with E-state index in [9.17, 15) is 14.7 Å². The SMILES string of the molecule is Cc1ccc(O)c([C@@H]2CC(=O)N(CCC(N)=O)C2)c1Cl. The largest absolute Gasteiger partial charge is 0.508 e. The van der Waals surface area contributed by atoms with E-state index in [0.29, 0.717) is 23.7 Å². The van der Waals surface area contributed by atoms with Crippen molar-refractivity contribution in [2.75, 3.05) is 13.1 Å². The highest BCUT2D eigenvalue weighted by Crippen LogP contribution is 2.39. The van der Waals surface area contributed by atoms with Crippen LogP contribution in [0.15, 0.2) is 12.1 Å². The molecule has 1 fully saturated rings. The molecule has 6 heteroatoms. The van der Waals surface area contributed by atoms with E-state index >= 15 is 0 Å². The van der Waals surface area contributed by atoms with Crippen LogP contribution in [0.5, 0.6) is 5.75 Å². The van der Waals surface area contributed by atoms with Gasteiger partial charge in [0.25, 0.3) is 0 Å². The summed E-state index contributed by atoms with van der Waals surface area (Å²) in [5.41, 5.74) is 6.57. The molecule has 1 aromatic rings. The monoisotopic (exact) mass is 296 g/mol. The van der Waals surface area contributed by atoms with Gasteiger partial charge in [-0.25, -0.2) is 0 Å². The van der Waals surface area contributed by atoms with Crippen molar-refractivity contribution in [3.63, 3.8) is 0 Å². The summed E-state index contributed by atoms with van der Waals surface area (Å²) >= 11 is 6.24. The summed E-state index contributed by atoms with van der Waals surface area (Å²) in [6.45, 7) is 2.62. The van der Waals surface area contributed by atoms with Gasteiger partial charge in [-0.3, -0.25) is 9.59 Å². The van der Waals surface area contributed by atoms with Crippen molar-refractivity contribution >= 4 is 23.4 Å². The number of aryl methyl sites for hydroxylation is 1. The molecule has 1 aromatic carbocycles. The van der Waals surface area contributed by atoms with Gasteiger partial charge in [0.05, 0.1) is 5.02 Å². The molecule has 3 N–H and O–H groups in total. The molecule has 0 saturated carbocycles. The fraction of sp³-hybridized carbons (Fsp3) is 0.429. The average Bonchev–Trinajstić information content (AvgIpc) is 2.73. The number of phenols is 1. The normalized spacial score (nSPS) is 18.6. The van der Waals surface area contributed by atoms with Crippen LogP contribution >= 0.6 is 11.6 Å². The summed E-state index contributed by atoms with van der Waals surface area (Å²) < 4.78 is 0. The van der Waals surface area contributed by atoms with Crippen LogP contribution in [0.1, 0.15) is 29.9 Å². The molecule has 1 atom stereocenters. The van der Waals surface area contributed by atoms with Gasteiger partial charge >= 0.3 is 0 Å². The highest BCUT2D eigenvalue weighted by Gasteiger charge is 2.33. The fourth-order valence-corrected chi connectivity index (χ4v) is 2.82. The smallest absolute Gasteiger partial charge is 0.223 e. The summed E-state index contributed by atoms with van der Waals surface area (Å²) in [6, 6.07) is 3.33. The van der Waals surface area contributed by atoms with Crippen LogP contribution in [0.2, 0.25) is 5.02 Å². The molecule has 108 valence electrons. The highest BCUT2D eigenvalue weighted by molar-refractivity contribution is 6.32. The number of aromatic hydroxyl groups is 1. The minimum Gasteiger partial charge on any atom is -0.508 e. The van der Waals surface area contributed by atoms with Crippen LogP contribution in [0.4, 0.5) is 0 Å². The molecular weight excluding hydrogens is 280 g/mol. The van der Waals surface area contributed by atoms with Gasteiger partial charge in [-0.2, -0.15) is 0 Å². The maximum absolute atomic E-state index is 11.9. The van der Waals surface area contributed by atoms with E-state index in [1.54, 1.807) is 17.0 Å². The summed E-state index contributed by atoms with van der Waals surface area (Å²) in [6.07, 6.45) is 0.432. The number of halogens is 1. The van der Waals surface area contributed by atoms with Crippen LogP contribution in [0.25, 0.3) is 0 Å². The number of benzene rings is 1. The number of hydrogen-bond donors (Lipinski definition) is 2.